The van der Waals surface area contributed by atoms with Crippen LogP contribution in [0.4, 0.5) is 0 Å². The predicted molar refractivity (Wildman–Crippen MR) is 68.1 cm³/mol. The molecule has 0 atom stereocenters. The van der Waals surface area contributed by atoms with E-state index in [0.29, 0.717) is 13.1 Å². The van der Waals surface area contributed by atoms with Crippen LogP contribution >= 0.6 is 0 Å². The Balaban J connectivity index is 2.07. The lowest BCUT2D eigenvalue weighted by molar-refractivity contribution is 0.0607. The topological polar surface area (TPSA) is 96.9 Å². The van der Waals surface area contributed by atoms with Crippen LogP contribution in [0.5, 0.6) is 0 Å². The number of carbonyl (C=O) groups is 1. The van der Waals surface area contributed by atoms with Crippen molar-refractivity contribution in [3.05, 3.63) is 17.9 Å². The molecule has 0 aliphatic carbocycles. The minimum atomic E-state index is -3.90. The van der Waals surface area contributed by atoms with Crippen LogP contribution in [-0.4, -0.2) is 56.8 Å². The van der Waals surface area contributed by atoms with Gasteiger partial charge in [-0.2, -0.15) is 0 Å². The van der Waals surface area contributed by atoms with Crippen molar-refractivity contribution in [1.82, 2.24) is 9.80 Å². The Labute approximate surface area is 112 Å². The number of primary sulfonamides is 1. The predicted octanol–water partition coefficient (Wildman–Crippen LogP) is -0.295. The molecule has 8 heteroatoms. The normalized spacial score (nSPS) is 17.7. The summed E-state index contributed by atoms with van der Waals surface area (Å²) < 4.78 is 27.2. The lowest BCUT2D eigenvalue weighted by Crippen LogP contribution is -2.48. The zero-order valence-corrected chi connectivity index (χ0v) is 11.5. The van der Waals surface area contributed by atoms with Gasteiger partial charge in [-0.05, 0) is 18.7 Å². The van der Waals surface area contributed by atoms with Crippen LogP contribution in [0, 0.1) is 0 Å². The van der Waals surface area contributed by atoms with Crippen molar-refractivity contribution >= 4 is 15.9 Å². The molecule has 0 saturated carbocycles. The van der Waals surface area contributed by atoms with E-state index in [-0.39, 0.29) is 16.8 Å². The molecule has 1 aromatic rings. The number of sulfonamides is 1. The van der Waals surface area contributed by atoms with Crippen LogP contribution in [0.3, 0.4) is 0 Å². The Hall–Kier alpha value is -1.38. The maximum atomic E-state index is 12.1. The molecule has 0 unspecified atom stereocenters. The van der Waals surface area contributed by atoms with Crippen molar-refractivity contribution in [3.8, 4) is 0 Å². The highest BCUT2D eigenvalue weighted by atomic mass is 32.2. The fourth-order valence-corrected chi connectivity index (χ4v) is 2.47. The molecule has 0 radical (unpaired) electrons. The highest BCUT2D eigenvalue weighted by Crippen LogP contribution is 2.15. The summed E-state index contributed by atoms with van der Waals surface area (Å²) >= 11 is 0. The molecule has 1 fully saturated rings. The number of carbonyl (C=O) groups excluding carboxylic acids is 1. The number of amides is 1. The maximum Gasteiger partial charge on any atom is 0.289 e. The number of piperazine rings is 1. The third-order valence-corrected chi connectivity index (χ3v) is 3.96. The van der Waals surface area contributed by atoms with Gasteiger partial charge in [0, 0.05) is 26.2 Å². The van der Waals surface area contributed by atoms with Crippen molar-refractivity contribution in [2.45, 2.75) is 12.0 Å². The molecule has 7 nitrogen and oxygen atoms in total. The minimum absolute atomic E-state index is 0.00831. The van der Waals surface area contributed by atoms with Crippen molar-refractivity contribution in [3.63, 3.8) is 0 Å². The van der Waals surface area contributed by atoms with Crippen LogP contribution < -0.4 is 5.14 Å². The molecule has 0 bridgehead atoms. The lowest BCUT2D eigenvalue weighted by atomic mass is 10.3. The van der Waals surface area contributed by atoms with E-state index in [2.05, 4.69) is 11.8 Å². The fraction of sp³-hybridized carbons (Fsp3) is 0.545. The third-order valence-electron chi connectivity index (χ3n) is 3.18. The molecule has 1 saturated heterocycles. The summed E-state index contributed by atoms with van der Waals surface area (Å²) in [6.45, 7) is 5.87. The summed E-state index contributed by atoms with van der Waals surface area (Å²) in [5.74, 6) is -0.292. The van der Waals surface area contributed by atoms with Gasteiger partial charge in [-0.25, -0.2) is 13.6 Å². The molecule has 1 aliphatic heterocycles. The summed E-state index contributed by atoms with van der Waals surface area (Å²) in [7, 11) is -3.90. The van der Waals surface area contributed by atoms with Gasteiger partial charge in [0.05, 0.1) is 0 Å². The average Bonchev–Trinajstić information content (AvgIpc) is 2.87. The Kier molecular flexibility index (Phi) is 3.93. The Morgan fingerprint density at radius 3 is 2.42 bits per heavy atom. The van der Waals surface area contributed by atoms with E-state index in [1.54, 1.807) is 4.90 Å². The van der Waals surface area contributed by atoms with E-state index in [9.17, 15) is 13.2 Å². The number of nitrogens with zero attached hydrogens (tertiary/aromatic N) is 2. The molecular weight excluding hydrogens is 270 g/mol. The minimum Gasteiger partial charge on any atom is -0.438 e. The summed E-state index contributed by atoms with van der Waals surface area (Å²) in [6.07, 6.45) is 0. The van der Waals surface area contributed by atoms with E-state index >= 15 is 0 Å². The Morgan fingerprint density at radius 2 is 1.95 bits per heavy atom. The fourth-order valence-electron chi connectivity index (χ4n) is 2.01. The second kappa shape index (κ2) is 5.32. The summed E-state index contributed by atoms with van der Waals surface area (Å²) in [5, 5.41) is 4.55. The molecule has 1 aromatic heterocycles. The number of likely N-dealkylation sites (N-methyl/N-ethyl adjacent to an activating group) is 1. The van der Waals surface area contributed by atoms with Gasteiger partial charge in [0.25, 0.3) is 15.9 Å². The number of furan rings is 1. The number of rotatable bonds is 3. The number of hydrogen-bond donors (Lipinski definition) is 1. The Bertz CT molecular complexity index is 558. The van der Waals surface area contributed by atoms with Crippen molar-refractivity contribution in [2.24, 2.45) is 5.14 Å². The highest BCUT2D eigenvalue weighted by molar-refractivity contribution is 7.89. The first-order valence-electron chi connectivity index (χ1n) is 6.06. The zero-order valence-electron chi connectivity index (χ0n) is 10.7. The van der Waals surface area contributed by atoms with Crippen molar-refractivity contribution in [1.29, 1.82) is 0 Å². The first-order valence-corrected chi connectivity index (χ1v) is 7.60. The van der Waals surface area contributed by atoms with Crippen LogP contribution in [-0.2, 0) is 10.0 Å². The Morgan fingerprint density at radius 1 is 1.32 bits per heavy atom. The van der Waals surface area contributed by atoms with E-state index in [1.807, 2.05) is 0 Å². The molecule has 1 aliphatic rings. The highest BCUT2D eigenvalue weighted by Gasteiger charge is 2.25. The van der Waals surface area contributed by atoms with E-state index in [1.165, 1.54) is 12.1 Å². The van der Waals surface area contributed by atoms with Gasteiger partial charge >= 0.3 is 0 Å². The molecule has 1 amide bonds. The first kappa shape index (κ1) is 14.0. The summed E-state index contributed by atoms with van der Waals surface area (Å²) in [4.78, 5) is 16.0. The van der Waals surface area contributed by atoms with Gasteiger partial charge in [-0.15, -0.1) is 0 Å². The van der Waals surface area contributed by atoms with Crippen molar-refractivity contribution in [2.75, 3.05) is 32.7 Å². The van der Waals surface area contributed by atoms with Gasteiger partial charge in [0.1, 0.15) is 0 Å². The molecule has 0 spiro atoms. The van der Waals surface area contributed by atoms with Gasteiger partial charge in [-0.3, -0.25) is 4.79 Å². The third kappa shape index (κ3) is 3.14. The smallest absolute Gasteiger partial charge is 0.289 e. The average molecular weight is 287 g/mol. The molecule has 0 aromatic carbocycles. The molecule has 106 valence electrons. The summed E-state index contributed by atoms with van der Waals surface area (Å²) in [5.41, 5.74) is 0. The monoisotopic (exact) mass is 287 g/mol. The molecule has 19 heavy (non-hydrogen) atoms. The molecule has 2 rings (SSSR count). The molecular formula is C11H17N3O4S. The molecule has 2 heterocycles. The number of hydrogen-bond acceptors (Lipinski definition) is 5. The van der Waals surface area contributed by atoms with Crippen molar-refractivity contribution < 1.29 is 17.6 Å². The van der Waals surface area contributed by atoms with Crippen LogP contribution in [0.25, 0.3) is 0 Å². The molecule has 2 N–H and O–H groups in total. The van der Waals surface area contributed by atoms with E-state index in [0.717, 1.165) is 19.6 Å². The second-order valence-electron chi connectivity index (χ2n) is 4.39. The first-order chi connectivity index (χ1) is 8.91. The van der Waals surface area contributed by atoms with Crippen LogP contribution in [0.15, 0.2) is 21.6 Å². The van der Waals surface area contributed by atoms with E-state index < -0.39 is 10.0 Å². The van der Waals surface area contributed by atoms with Crippen LogP contribution in [0.1, 0.15) is 17.5 Å². The second-order valence-corrected chi connectivity index (χ2v) is 5.88. The quantitative estimate of drug-likeness (QED) is 0.823. The van der Waals surface area contributed by atoms with E-state index in [4.69, 9.17) is 9.56 Å². The standard InChI is InChI=1S/C11H17N3O4S/c1-2-13-5-7-14(8-6-13)11(15)9-3-4-10(18-9)19(12,16)17/h3-4H,2,5-8H2,1H3,(H2,12,16,17). The number of nitrogens with two attached hydrogens (primary N) is 1. The SMILES string of the molecule is CCN1CCN(C(=O)c2ccc(S(N)(=O)=O)o2)CC1. The zero-order chi connectivity index (χ0) is 14.0. The maximum absolute atomic E-state index is 12.1. The largest absolute Gasteiger partial charge is 0.438 e. The van der Waals surface area contributed by atoms with Gasteiger partial charge < -0.3 is 14.2 Å². The van der Waals surface area contributed by atoms with Crippen LogP contribution in [0.2, 0.25) is 0 Å². The lowest BCUT2D eigenvalue weighted by Gasteiger charge is -2.33. The van der Waals surface area contributed by atoms with Gasteiger partial charge in [0.15, 0.2) is 5.76 Å². The van der Waals surface area contributed by atoms with Gasteiger partial charge in [0.2, 0.25) is 5.09 Å². The van der Waals surface area contributed by atoms with Gasteiger partial charge in [-0.1, -0.05) is 6.92 Å². The summed E-state index contributed by atoms with van der Waals surface area (Å²) in [6, 6.07) is 2.54.